The number of rotatable bonds is 5. The summed E-state index contributed by atoms with van der Waals surface area (Å²) in [6, 6.07) is 15.4. The average molecular weight is 466 g/mol. The van der Waals surface area contributed by atoms with Gasteiger partial charge in [0.25, 0.3) is 5.56 Å². The zero-order chi connectivity index (χ0) is 21.3. The van der Waals surface area contributed by atoms with Crippen molar-refractivity contribution >= 4 is 33.0 Å². The van der Waals surface area contributed by atoms with Crippen LogP contribution >= 0.6 is 15.9 Å². The van der Waals surface area contributed by atoms with Crippen LogP contribution in [-0.4, -0.2) is 25.3 Å². The van der Waals surface area contributed by atoms with Gasteiger partial charge in [-0.25, -0.2) is 9.20 Å². The van der Waals surface area contributed by atoms with Gasteiger partial charge in [0.1, 0.15) is 18.4 Å². The highest BCUT2D eigenvalue weighted by atomic mass is 79.9. The second kappa shape index (κ2) is 8.23. The summed E-state index contributed by atoms with van der Waals surface area (Å²) < 4.78 is 3.36. The summed E-state index contributed by atoms with van der Waals surface area (Å²) in [5.41, 5.74) is 4.54. The Kier molecular flexibility index (Phi) is 5.50. The van der Waals surface area contributed by atoms with Gasteiger partial charge >= 0.3 is 0 Å². The van der Waals surface area contributed by atoms with E-state index in [0.717, 1.165) is 26.7 Å². The maximum Gasteiger partial charge on any atom is 0.293 e. The summed E-state index contributed by atoms with van der Waals surface area (Å²) in [5.74, 6) is -0.339. The molecule has 0 unspecified atom stereocenters. The molecule has 1 N–H and O–H groups in total. The first-order valence-corrected chi connectivity index (χ1v) is 10.3. The Bertz CT molecular complexity index is 1290. The zero-order valence-electron chi connectivity index (χ0n) is 16.6. The van der Waals surface area contributed by atoms with Crippen LogP contribution in [0.2, 0.25) is 0 Å². The van der Waals surface area contributed by atoms with Crippen LogP contribution in [0.3, 0.4) is 0 Å². The fraction of sp³-hybridized carbons (Fsp3) is 0.182. The van der Waals surface area contributed by atoms with Gasteiger partial charge in [-0.3, -0.25) is 9.59 Å². The van der Waals surface area contributed by atoms with Gasteiger partial charge in [0.15, 0.2) is 0 Å². The number of aromatic nitrogens is 4. The van der Waals surface area contributed by atoms with E-state index in [9.17, 15) is 9.59 Å². The number of benzene rings is 2. The molecule has 0 atom stereocenters. The molecule has 0 radical (unpaired) electrons. The Hall–Kier alpha value is -3.26. The average Bonchev–Trinajstić information content (AvgIpc) is 3.17. The minimum atomic E-state index is -0.375. The summed E-state index contributed by atoms with van der Waals surface area (Å²) in [6.07, 6.45) is 2.40. The highest BCUT2D eigenvalue weighted by molar-refractivity contribution is 9.10. The van der Waals surface area contributed by atoms with E-state index in [1.54, 1.807) is 6.07 Å². The first-order chi connectivity index (χ1) is 14.4. The predicted octanol–water partition coefficient (Wildman–Crippen LogP) is 3.83. The molecule has 0 fully saturated rings. The predicted molar refractivity (Wildman–Crippen MR) is 120 cm³/mol. The van der Waals surface area contributed by atoms with Gasteiger partial charge in [-0.15, -0.1) is 0 Å². The lowest BCUT2D eigenvalue weighted by Gasteiger charge is -2.09. The summed E-state index contributed by atoms with van der Waals surface area (Å²) >= 11 is 3.43. The molecule has 2 aromatic heterocycles. The molecule has 2 aromatic carbocycles. The van der Waals surface area contributed by atoms with Crippen molar-refractivity contribution in [2.45, 2.75) is 26.8 Å². The molecule has 1 amide bonds. The fourth-order valence-corrected chi connectivity index (χ4v) is 3.74. The Balaban J connectivity index is 1.58. The first kappa shape index (κ1) is 20.0. The first-order valence-electron chi connectivity index (χ1n) is 9.55. The van der Waals surface area contributed by atoms with Gasteiger partial charge < -0.3 is 5.32 Å². The van der Waals surface area contributed by atoms with Crippen molar-refractivity contribution in [1.29, 1.82) is 0 Å². The van der Waals surface area contributed by atoms with Gasteiger partial charge in [0.2, 0.25) is 5.91 Å². The number of nitrogens with one attached hydrogen (secondary N) is 1. The van der Waals surface area contributed by atoms with Crippen LogP contribution < -0.4 is 10.9 Å². The lowest BCUT2D eigenvalue weighted by Crippen LogP contribution is -2.30. The van der Waals surface area contributed by atoms with E-state index in [1.807, 2.05) is 49.4 Å². The van der Waals surface area contributed by atoms with Crippen molar-refractivity contribution in [1.82, 2.24) is 19.4 Å². The Morgan fingerprint density at radius 3 is 2.60 bits per heavy atom. The third-order valence-electron chi connectivity index (χ3n) is 4.84. The SMILES string of the molecule is CCc1ccc(-c2cc3c(=O)n(CC(=O)Nc4ccc(C)cc4Br)ncn3n2)cc1. The van der Waals surface area contributed by atoms with Crippen molar-refractivity contribution in [3.8, 4) is 11.3 Å². The molecule has 8 heteroatoms. The molecule has 7 nitrogen and oxygen atoms in total. The van der Waals surface area contributed by atoms with Crippen LogP contribution in [0.4, 0.5) is 5.69 Å². The lowest BCUT2D eigenvalue weighted by atomic mass is 10.1. The van der Waals surface area contributed by atoms with Crippen LogP contribution in [0.15, 0.2) is 64.1 Å². The smallest absolute Gasteiger partial charge is 0.293 e. The molecular formula is C22H20BrN5O2. The molecule has 152 valence electrons. The molecule has 4 aromatic rings. The topological polar surface area (TPSA) is 81.3 Å². The van der Waals surface area contributed by atoms with Gasteiger partial charge in [-0.1, -0.05) is 37.3 Å². The fourth-order valence-electron chi connectivity index (χ4n) is 3.15. The second-order valence-corrected chi connectivity index (χ2v) is 7.89. The number of hydrogen-bond acceptors (Lipinski definition) is 4. The zero-order valence-corrected chi connectivity index (χ0v) is 18.2. The highest BCUT2D eigenvalue weighted by Crippen LogP contribution is 2.23. The summed E-state index contributed by atoms with van der Waals surface area (Å²) in [4.78, 5) is 25.3. The minimum Gasteiger partial charge on any atom is -0.323 e. The Morgan fingerprint density at radius 2 is 1.90 bits per heavy atom. The van der Waals surface area contributed by atoms with Gasteiger partial charge in [-0.2, -0.15) is 10.2 Å². The maximum atomic E-state index is 12.8. The molecule has 30 heavy (non-hydrogen) atoms. The van der Waals surface area contributed by atoms with Crippen LogP contribution in [0.25, 0.3) is 16.8 Å². The number of hydrogen-bond donors (Lipinski definition) is 1. The quantitative estimate of drug-likeness (QED) is 0.485. The van der Waals surface area contributed by atoms with Crippen molar-refractivity contribution in [3.05, 3.63) is 80.8 Å². The largest absolute Gasteiger partial charge is 0.323 e. The Labute approximate surface area is 181 Å². The van der Waals surface area contributed by atoms with Crippen LogP contribution in [0, 0.1) is 6.92 Å². The number of halogens is 1. The van der Waals surface area contributed by atoms with Crippen molar-refractivity contribution in [2.75, 3.05) is 5.32 Å². The van der Waals surface area contributed by atoms with Gasteiger partial charge in [0.05, 0.1) is 11.4 Å². The summed E-state index contributed by atoms with van der Waals surface area (Å²) in [5, 5.41) is 11.3. The van der Waals surface area contributed by atoms with Crippen LogP contribution in [0.1, 0.15) is 18.1 Å². The number of carbonyl (C=O) groups is 1. The standard InChI is InChI=1S/C22H20BrN5O2/c1-3-15-5-7-16(8-6-15)19-11-20-22(30)27(24-13-28(20)26-19)12-21(29)25-18-9-4-14(2)10-17(18)23/h4-11,13H,3,12H2,1-2H3,(H,25,29). The molecule has 0 bridgehead atoms. The lowest BCUT2D eigenvalue weighted by molar-refractivity contribution is -0.117. The number of nitrogens with zero attached hydrogens (tertiary/aromatic N) is 4. The van der Waals surface area contributed by atoms with Crippen molar-refractivity contribution < 1.29 is 4.79 Å². The van der Waals surface area contributed by atoms with E-state index in [0.29, 0.717) is 16.9 Å². The molecule has 0 aliphatic rings. The molecule has 0 saturated carbocycles. The van der Waals surface area contributed by atoms with Gasteiger partial charge in [0, 0.05) is 10.0 Å². The molecule has 0 spiro atoms. The van der Waals surface area contributed by atoms with E-state index in [2.05, 4.69) is 38.4 Å². The minimum absolute atomic E-state index is 0.193. The monoisotopic (exact) mass is 465 g/mol. The second-order valence-electron chi connectivity index (χ2n) is 7.04. The van der Waals surface area contributed by atoms with E-state index < -0.39 is 0 Å². The number of fused-ring (bicyclic) bond motifs is 1. The maximum absolute atomic E-state index is 12.8. The third kappa shape index (κ3) is 4.04. The highest BCUT2D eigenvalue weighted by Gasteiger charge is 2.13. The normalized spacial score (nSPS) is 11.0. The number of anilines is 1. The van der Waals surface area contributed by atoms with Crippen LogP contribution in [-0.2, 0) is 17.8 Å². The molecule has 2 heterocycles. The molecule has 0 aliphatic carbocycles. The van der Waals surface area contributed by atoms with Gasteiger partial charge in [-0.05, 0) is 58.6 Å². The van der Waals surface area contributed by atoms with Crippen molar-refractivity contribution in [2.24, 2.45) is 0 Å². The van der Waals surface area contributed by atoms with E-state index >= 15 is 0 Å². The van der Waals surface area contributed by atoms with Crippen molar-refractivity contribution in [3.63, 3.8) is 0 Å². The molecular weight excluding hydrogens is 446 g/mol. The Morgan fingerprint density at radius 1 is 1.13 bits per heavy atom. The summed E-state index contributed by atoms with van der Waals surface area (Å²) in [7, 11) is 0. The summed E-state index contributed by atoms with van der Waals surface area (Å²) in [6.45, 7) is 3.87. The number of amides is 1. The molecule has 0 saturated heterocycles. The van der Waals surface area contributed by atoms with E-state index in [-0.39, 0.29) is 18.0 Å². The molecule has 0 aliphatic heterocycles. The number of carbonyl (C=O) groups excluding carboxylic acids is 1. The van der Waals surface area contributed by atoms with E-state index in [1.165, 1.54) is 16.4 Å². The third-order valence-corrected chi connectivity index (χ3v) is 5.50. The number of aryl methyl sites for hydroxylation is 2. The molecule has 4 rings (SSSR count). The van der Waals surface area contributed by atoms with Crippen LogP contribution in [0.5, 0.6) is 0 Å². The van der Waals surface area contributed by atoms with E-state index in [4.69, 9.17) is 0 Å².